The lowest BCUT2D eigenvalue weighted by Crippen LogP contribution is -2.23. The molecule has 0 aliphatic carbocycles. The molecule has 0 unspecified atom stereocenters. The van der Waals surface area contributed by atoms with Gasteiger partial charge in [-0.15, -0.1) is 0 Å². The highest BCUT2D eigenvalue weighted by molar-refractivity contribution is 5.94. The molecule has 4 rings (SSSR count). The molecule has 1 aromatic carbocycles. The minimum atomic E-state index is -0.151. The maximum Gasteiger partial charge on any atom is 0.253 e. The summed E-state index contributed by atoms with van der Waals surface area (Å²) in [6, 6.07) is 15.6. The van der Waals surface area contributed by atoms with Crippen molar-refractivity contribution in [3.8, 4) is 0 Å². The van der Waals surface area contributed by atoms with Crippen LogP contribution < -0.4 is 10.6 Å². The maximum atomic E-state index is 12.2. The molecular formula is C22H21N5O. The van der Waals surface area contributed by atoms with Crippen molar-refractivity contribution >= 4 is 22.6 Å². The topological polar surface area (TPSA) is 82.7 Å². The number of fused-ring (bicyclic) bond motifs is 1. The van der Waals surface area contributed by atoms with Gasteiger partial charge in [0, 0.05) is 48.8 Å². The predicted molar refractivity (Wildman–Crippen MR) is 110 cm³/mol. The van der Waals surface area contributed by atoms with Crippen molar-refractivity contribution in [1.82, 2.24) is 20.3 Å². The average molecular weight is 371 g/mol. The van der Waals surface area contributed by atoms with E-state index in [1.807, 2.05) is 30.3 Å². The Hall–Kier alpha value is -3.67. The van der Waals surface area contributed by atoms with E-state index < -0.39 is 0 Å². The molecule has 0 aliphatic heterocycles. The maximum absolute atomic E-state index is 12.2. The highest BCUT2D eigenvalue weighted by Crippen LogP contribution is 2.18. The summed E-state index contributed by atoms with van der Waals surface area (Å²) in [4.78, 5) is 23.9. The van der Waals surface area contributed by atoms with Crippen LogP contribution in [0.15, 0.2) is 73.3 Å². The highest BCUT2D eigenvalue weighted by atomic mass is 16.1. The molecule has 6 heteroatoms. The largest absolute Gasteiger partial charge is 0.370 e. The van der Waals surface area contributed by atoms with Gasteiger partial charge in [0.05, 0.1) is 5.56 Å². The number of para-hydroxylation sites is 1. The summed E-state index contributed by atoms with van der Waals surface area (Å²) in [6.45, 7) is 1.21. The zero-order valence-corrected chi connectivity index (χ0v) is 15.4. The minimum Gasteiger partial charge on any atom is -0.370 e. The molecule has 28 heavy (non-hydrogen) atoms. The molecule has 0 radical (unpaired) electrons. The second-order valence-corrected chi connectivity index (χ2v) is 6.51. The molecule has 1 amide bonds. The second kappa shape index (κ2) is 8.35. The standard InChI is InChI=1S/C22H21N5O/c28-22(27-13-16-4-3-10-23-12-16)18-7-8-21(26-15-18)24-11-9-17-14-25-20-6-2-1-5-19(17)20/h1-8,10,12,14-15,25H,9,11,13H2,(H,24,26)(H,27,28). The van der Waals surface area contributed by atoms with E-state index in [0.29, 0.717) is 12.1 Å². The monoisotopic (exact) mass is 371 g/mol. The molecule has 6 nitrogen and oxygen atoms in total. The Balaban J connectivity index is 1.29. The third-order valence-corrected chi connectivity index (χ3v) is 4.58. The number of benzene rings is 1. The van der Waals surface area contributed by atoms with Crippen LogP contribution in [-0.2, 0) is 13.0 Å². The first kappa shape index (κ1) is 17.7. The number of nitrogens with zero attached hydrogens (tertiary/aromatic N) is 2. The first-order chi connectivity index (χ1) is 13.8. The second-order valence-electron chi connectivity index (χ2n) is 6.51. The quantitative estimate of drug-likeness (QED) is 0.464. The molecule has 0 bridgehead atoms. The summed E-state index contributed by atoms with van der Waals surface area (Å²) >= 11 is 0. The number of amides is 1. The number of nitrogens with one attached hydrogen (secondary N) is 3. The molecule has 0 saturated carbocycles. The number of carbonyl (C=O) groups is 1. The molecule has 3 heterocycles. The zero-order valence-electron chi connectivity index (χ0n) is 15.4. The van der Waals surface area contributed by atoms with Crippen molar-refractivity contribution in [3.63, 3.8) is 0 Å². The number of rotatable bonds is 7. The van der Waals surface area contributed by atoms with Gasteiger partial charge in [0.15, 0.2) is 0 Å². The van der Waals surface area contributed by atoms with E-state index in [2.05, 4.69) is 43.9 Å². The zero-order chi connectivity index (χ0) is 19.2. The lowest BCUT2D eigenvalue weighted by Gasteiger charge is -2.07. The Morgan fingerprint density at radius 1 is 1.04 bits per heavy atom. The van der Waals surface area contributed by atoms with Gasteiger partial charge in [0.2, 0.25) is 0 Å². The number of aromatic nitrogens is 3. The van der Waals surface area contributed by atoms with Gasteiger partial charge in [-0.05, 0) is 41.8 Å². The Labute approximate surface area is 163 Å². The van der Waals surface area contributed by atoms with Gasteiger partial charge in [-0.1, -0.05) is 24.3 Å². The fourth-order valence-electron chi connectivity index (χ4n) is 3.08. The SMILES string of the molecule is O=C(NCc1cccnc1)c1ccc(NCCc2c[nH]c3ccccc23)nc1. The first-order valence-corrected chi connectivity index (χ1v) is 9.21. The highest BCUT2D eigenvalue weighted by Gasteiger charge is 2.07. The van der Waals surface area contributed by atoms with E-state index >= 15 is 0 Å². The molecule has 0 spiro atoms. The third kappa shape index (κ3) is 4.17. The molecule has 140 valence electrons. The number of aromatic amines is 1. The van der Waals surface area contributed by atoms with Gasteiger partial charge in [0.1, 0.15) is 5.82 Å². The Morgan fingerprint density at radius 2 is 1.96 bits per heavy atom. The minimum absolute atomic E-state index is 0.151. The van der Waals surface area contributed by atoms with Gasteiger partial charge in [-0.25, -0.2) is 4.98 Å². The van der Waals surface area contributed by atoms with Gasteiger partial charge >= 0.3 is 0 Å². The molecule has 0 saturated heterocycles. The van der Waals surface area contributed by atoms with E-state index in [9.17, 15) is 4.79 Å². The van der Waals surface area contributed by atoms with Gasteiger partial charge in [-0.2, -0.15) is 0 Å². The average Bonchev–Trinajstić information content (AvgIpc) is 3.16. The van der Waals surface area contributed by atoms with E-state index in [4.69, 9.17) is 0 Å². The lowest BCUT2D eigenvalue weighted by molar-refractivity contribution is 0.0950. The molecule has 3 aromatic heterocycles. The summed E-state index contributed by atoms with van der Waals surface area (Å²) in [5, 5.41) is 7.43. The normalized spacial score (nSPS) is 10.7. The third-order valence-electron chi connectivity index (χ3n) is 4.58. The molecule has 0 atom stereocenters. The molecule has 3 N–H and O–H groups in total. The number of pyridine rings is 2. The summed E-state index contributed by atoms with van der Waals surface area (Å²) in [7, 11) is 0. The van der Waals surface area contributed by atoms with Crippen LogP contribution in [0.3, 0.4) is 0 Å². The van der Waals surface area contributed by atoms with Crippen LogP contribution in [0, 0.1) is 0 Å². The van der Waals surface area contributed by atoms with E-state index in [1.165, 1.54) is 10.9 Å². The van der Waals surface area contributed by atoms with Crippen molar-refractivity contribution in [2.45, 2.75) is 13.0 Å². The van der Waals surface area contributed by atoms with Crippen molar-refractivity contribution < 1.29 is 4.79 Å². The number of anilines is 1. The van der Waals surface area contributed by atoms with Crippen molar-refractivity contribution in [1.29, 1.82) is 0 Å². The van der Waals surface area contributed by atoms with Crippen molar-refractivity contribution in [2.24, 2.45) is 0 Å². The predicted octanol–water partition coefficient (Wildman–Crippen LogP) is 3.54. The Bertz CT molecular complexity index is 1060. The van der Waals surface area contributed by atoms with Crippen LogP contribution in [0.2, 0.25) is 0 Å². The first-order valence-electron chi connectivity index (χ1n) is 9.21. The fourth-order valence-corrected chi connectivity index (χ4v) is 3.08. The summed E-state index contributed by atoms with van der Waals surface area (Å²) < 4.78 is 0. The van der Waals surface area contributed by atoms with E-state index in [1.54, 1.807) is 24.7 Å². The molecule has 0 fully saturated rings. The molecule has 4 aromatic rings. The fraction of sp³-hybridized carbons (Fsp3) is 0.136. The van der Waals surface area contributed by atoms with Gasteiger partial charge in [0.25, 0.3) is 5.91 Å². The van der Waals surface area contributed by atoms with Crippen molar-refractivity contribution in [3.05, 3.63) is 90.0 Å². The van der Waals surface area contributed by atoms with E-state index in [0.717, 1.165) is 29.9 Å². The molecular weight excluding hydrogens is 350 g/mol. The van der Waals surface area contributed by atoms with Gasteiger partial charge < -0.3 is 15.6 Å². The van der Waals surface area contributed by atoms with Crippen LogP contribution in [0.1, 0.15) is 21.5 Å². The van der Waals surface area contributed by atoms with Crippen LogP contribution in [-0.4, -0.2) is 27.4 Å². The number of hydrogen-bond acceptors (Lipinski definition) is 4. The van der Waals surface area contributed by atoms with Crippen LogP contribution in [0.25, 0.3) is 10.9 Å². The van der Waals surface area contributed by atoms with Crippen molar-refractivity contribution in [2.75, 3.05) is 11.9 Å². The Morgan fingerprint density at radius 3 is 2.79 bits per heavy atom. The number of hydrogen-bond donors (Lipinski definition) is 3. The number of carbonyl (C=O) groups excluding carboxylic acids is 1. The smallest absolute Gasteiger partial charge is 0.253 e. The van der Waals surface area contributed by atoms with E-state index in [-0.39, 0.29) is 5.91 Å². The molecule has 0 aliphatic rings. The van der Waals surface area contributed by atoms with Crippen LogP contribution >= 0.6 is 0 Å². The van der Waals surface area contributed by atoms with Crippen LogP contribution in [0.4, 0.5) is 5.82 Å². The van der Waals surface area contributed by atoms with Gasteiger partial charge in [-0.3, -0.25) is 9.78 Å². The lowest BCUT2D eigenvalue weighted by atomic mass is 10.1. The summed E-state index contributed by atoms with van der Waals surface area (Å²) in [5.74, 6) is 0.602. The Kier molecular flexibility index (Phi) is 5.29. The summed E-state index contributed by atoms with van der Waals surface area (Å²) in [6.07, 6.45) is 7.97. The van der Waals surface area contributed by atoms with Crippen LogP contribution in [0.5, 0.6) is 0 Å². The summed E-state index contributed by atoms with van der Waals surface area (Å²) in [5.41, 5.74) is 3.91. The number of H-pyrrole nitrogens is 1.